The van der Waals surface area contributed by atoms with Gasteiger partial charge in [-0.2, -0.15) is 13.2 Å². The Hall–Kier alpha value is -1.72. The average Bonchev–Trinajstić information content (AvgIpc) is 2.33. The smallest absolute Gasteiger partial charge is 0.335 e. The van der Waals surface area contributed by atoms with Crippen molar-refractivity contribution in [2.75, 3.05) is 0 Å². The van der Waals surface area contributed by atoms with Crippen LogP contribution in [0, 0.1) is 5.41 Å². The largest absolute Gasteiger partial charge is 0.416 e. The number of rotatable bonds is 3. The zero-order chi connectivity index (χ0) is 15.7. The fourth-order valence-electron chi connectivity index (χ4n) is 2.65. The highest BCUT2D eigenvalue weighted by molar-refractivity contribution is 5.74. The van der Waals surface area contributed by atoms with Crippen LogP contribution in [0.15, 0.2) is 24.3 Å². The molecule has 0 radical (unpaired) electrons. The Bertz CT molecular complexity index is 518. The minimum absolute atomic E-state index is 0.0753. The Balaban J connectivity index is 1.82. The molecule has 21 heavy (non-hydrogen) atoms. The zero-order valence-electron chi connectivity index (χ0n) is 12.1. The first-order valence-electron chi connectivity index (χ1n) is 6.86. The van der Waals surface area contributed by atoms with Crippen molar-refractivity contribution < 1.29 is 18.0 Å². The molecular weight excluding hydrogens is 281 g/mol. The molecule has 0 atom stereocenters. The Kier molecular flexibility index (Phi) is 4.16. The van der Waals surface area contributed by atoms with Crippen molar-refractivity contribution in [1.82, 2.24) is 10.6 Å². The predicted molar refractivity (Wildman–Crippen MR) is 73.6 cm³/mol. The summed E-state index contributed by atoms with van der Waals surface area (Å²) in [4.78, 5) is 11.7. The number of benzene rings is 1. The molecule has 1 aromatic carbocycles. The highest BCUT2D eigenvalue weighted by Crippen LogP contribution is 2.39. The Morgan fingerprint density at radius 2 is 2.00 bits per heavy atom. The lowest BCUT2D eigenvalue weighted by Gasteiger charge is -2.42. The third kappa shape index (κ3) is 4.37. The highest BCUT2D eigenvalue weighted by Gasteiger charge is 2.36. The molecule has 2 N–H and O–H groups in total. The average molecular weight is 300 g/mol. The maximum absolute atomic E-state index is 12.6. The van der Waals surface area contributed by atoms with E-state index in [0.717, 1.165) is 25.0 Å². The molecule has 2 rings (SSSR count). The van der Waals surface area contributed by atoms with Crippen LogP contribution in [0.3, 0.4) is 0 Å². The molecule has 0 heterocycles. The highest BCUT2D eigenvalue weighted by atomic mass is 19.4. The van der Waals surface area contributed by atoms with Crippen LogP contribution >= 0.6 is 0 Å². The minimum Gasteiger partial charge on any atom is -0.335 e. The number of carbonyl (C=O) groups is 1. The van der Waals surface area contributed by atoms with E-state index in [0.29, 0.717) is 5.56 Å². The van der Waals surface area contributed by atoms with Crippen LogP contribution in [0.1, 0.15) is 37.8 Å². The van der Waals surface area contributed by atoms with E-state index in [-0.39, 0.29) is 24.0 Å². The molecule has 1 fully saturated rings. The standard InChI is InChI=1S/C15H19F3N2O/c1-14(2)7-12(8-14)20-13(21)19-9-10-4-3-5-11(6-10)15(16,17)18/h3-6,12H,7-9H2,1-2H3,(H2,19,20,21). The number of nitrogens with one attached hydrogen (secondary N) is 2. The maximum atomic E-state index is 12.6. The van der Waals surface area contributed by atoms with Gasteiger partial charge in [0.15, 0.2) is 0 Å². The van der Waals surface area contributed by atoms with E-state index in [9.17, 15) is 18.0 Å². The number of hydrogen-bond donors (Lipinski definition) is 2. The summed E-state index contributed by atoms with van der Waals surface area (Å²) in [5.41, 5.74) is -0.0178. The number of amides is 2. The fraction of sp³-hybridized carbons (Fsp3) is 0.533. The van der Waals surface area contributed by atoms with Gasteiger partial charge in [-0.25, -0.2) is 4.79 Å². The van der Waals surface area contributed by atoms with Crippen LogP contribution in [-0.4, -0.2) is 12.1 Å². The van der Waals surface area contributed by atoms with Crippen molar-refractivity contribution in [1.29, 1.82) is 0 Å². The van der Waals surface area contributed by atoms with Crippen molar-refractivity contribution in [2.24, 2.45) is 5.41 Å². The number of urea groups is 1. The van der Waals surface area contributed by atoms with Gasteiger partial charge in [-0.3, -0.25) is 0 Å². The van der Waals surface area contributed by atoms with E-state index in [1.54, 1.807) is 6.07 Å². The first-order valence-corrected chi connectivity index (χ1v) is 6.86. The normalized spacial score (nSPS) is 18.0. The zero-order valence-corrected chi connectivity index (χ0v) is 12.1. The molecule has 1 saturated carbocycles. The van der Waals surface area contributed by atoms with Crippen LogP contribution in [-0.2, 0) is 12.7 Å². The second-order valence-electron chi connectivity index (χ2n) is 6.29. The van der Waals surface area contributed by atoms with E-state index in [1.165, 1.54) is 6.07 Å². The SMILES string of the molecule is CC1(C)CC(NC(=O)NCc2cccc(C(F)(F)F)c2)C1. The summed E-state index contributed by atoms with van der Waals surface area (Å²) < 4.78 is 37.7. The van der Waals surface area contributed by atoms with Crippen LogP contribution < -0.4 is 10.6 Å². The second-order valence-corrected chi connectivity index (χ2v) is 6.29. The lowest BCUT2D eigenvalue weighted by Crippen LogP contribution is -2.51. The predicted octanol–water partition coefficient (Wildman–Crippen LogP) is 3.69. The van der Waals surface area contributed by atoms with E-state index in [4.69, 9.17) is 0 Å². The molecule has 0 bridgehead atoms. The van der Waals surface area contributed by atoms with Crippen LogP contribution in [0.25, 0.3) is 0 Å². The fourth-order valence-corrected chi connectivity index (χ4v) is 2.65. The lowest BCUT2D eigenvalue weighted by molar-refractivity contribution is -0.137. The van der Waals surface area contributed by atoms with E-state index < -0.39 is 11.7 Å². The van der Waals surface area contributed by atoms with E-state index in [1.807, 2.05) is 0 Å². The van der Waals surface area contributed by atoms with Gasteiger partial charge in [0.05, 0.1) is 5.56 Å². The van der Waals surface area contributed by atoms with Gasteiger partial charge in [0, 0.05) is 12.6 Å². The molecule has 0 aromatic heterocycles. The van der Waals surface area contributed by atoms with Crippen LogP contribution in [0.5, 0.6) is 0 Å². The molecule has 1 aliphatic carbocycles. The molecule has 116 valence electrons. The summed E-state index contributed by atoms with van der Waals surface area (Å²) in [5.74, 6) is 0. The van der Waals surface area contributed by atoms with E-state index in [2.05, 4.69) is 24.5 Å². The topological polar surface area (TPSA) is 41.1 Å². The van der Waals surface area contributed by atoms with Gasteiger partial charge in [-0.05, 0) is 36.0 Å². The van der Waals surface area contributed by atoms with Gasteiger partial charge in [-0.15, -0.1) is 0 Å². The van der Waals surface area contributed by atoms with Crippen LogP contribution in [0.4, 0.5) is 18.0 Å². The minimum atomic E-state index is -4.37. The summed E-state index contributed by atoms with van der Waals surface area (Å²) >= 11 is 0. The summed E-state index contributed by atoms with van der Waals surface area (Å²) in [6.45, 7) is 4.34. The van der Waals surface area contributed by atoms with Crippen molar-refractivity contribution in [3.63, 3.8) is 0 Å². The molecular formula is C15H19F3N2O. The second kappa shape index (κ2) is 5.58. The summed E-state index contributed by atoms with van der Waals surface area (Å²) in [5, 5.41) is 5.40. The summed E-state index contributed by atoms with van der Waals surface area (Å²) in [7, 11) is 0. The van der Waals surface area contributed by atoms with Crippen molar-refractivity contribution >= 4 is 6.03 Å². The molecule has 2 amide bonds. The number of alkyl halides is 3. The number of hydrogen-bond acceptors (Lipinski definition) is 1. The summed E-state index contributed by atoms with van der Waals surface area (Å²) in [6.07, 6.45) is -2.52. The van der Waals surface area contributed by atoms with Gasteiger partial charge in [-0.1, -0.05) is 26.0 Å². The molecule has 1 aliphatic rings. The molecule has 0 spiro atoms. The van der Waals surface area contributed by atoms with Gasteiger partial charge in [0.1, 0.15) is 0 Å². The van der Waals surface area contributed by atoms with Crippen LogP contribution in [0.2, 0.25) is 0 Å². The Morgan fingerprint density at radius 1 is 1.33 bits per heavy atom. The van der Waals surface area contributed by atoms with Crippen molar-refractivity contribution in [3.8, 4) is 0 Å². The Labute approximate surface area is 121 Å². The quantitative estimate of drug-likeness (QED) is 0.878. The third-order valence-electron chi connectivity index (χ3n) is 3.64. The lowest BCUT2D eigenvalue weighted by atomic mass is 9.68. The molecule has 1 aromatic rings. The molecule has 0 unspecified atom stereocenters. The van der Waals surface area contributed by atoms with E-state index >= 15 is 0 Å². The third-order valence-corrected chi connectivity index (χ3v) is 3.64. The number of carbonyl (C=O) groups excluding carboxylic acids is 1. The van der Waals surface area contributed by atoms with Gasteiger partial charge >= 0.3 is 12.2 Å². The maximum Gasteiger partial charge on any atom is 0.416 e. The molecule has 3 nitrogen and oxygen atoms in total. The van der Waals surface area contributed by atoms with Crippen molar-refractivity contribution in [2.45, 2.75) is 45.5 Å². The van der Waals surface area contributed by atoms with Gasteiger partial charge in [0.25, 0.3) is 0 Å². The Morgan fingerprint density at radius 3 is 2.57 bits per heavy atom. The van der Waals surface area contributed by atoms with Gasteiger partial charge < -0.3 is 10.6 Å². The number of halogens is 3. The molecule has 6 heteroatoms. The van der Waals surface area contributed by atoms with Crippen molar-refractivity contribution in [3.05, 3.63) is 35.4 Å². The monoisotopic (exact) mass is 300 g/mol. The van der Waals surface area contributed by atoms with Gasteiger partial charge in [0.2, 0.25) is 0 Å². The summed E-state index contributed by atoms with van der Waals surface area (Å²) in [6, 6.07) is 4.77. The molecule has 0 aliphatic heterocycles. The molecule has 0 saturated heterocycles. The first-order chi connectivity index (χ1) is 9.66. The first kappa shape index (κ1) is 15.7.